The summed E-state index contributed by atoms with van der Waals surface area (Å²) in [6, 6.07) is 8.50. The second-order valence-corrected chi connectivity index (χ2v) is 6.35. The molecule has 0 aliphatic rings. The molecule has 0 aromatic heterocycles. The van der Waals surface area contributed by atoms with Crippen molar-refractivity contribution >= 4 is 27.9 Å². The average Bonchev–Trinajstić information content (AvgIpc) is 2.70. The van der Waals surface area contributed by atoms with Crippen molar-refractivity contribution in [1.82, 2.24) is 5.32 Å². The van der Waals surface area contributed by atoms with Gasteiger partial charge in [-0.1, -0.05) is 15.9 Å². The van der Waals surface area contributed by atoms with E-state index in [0.717, 1.165) is 10.0 Å². The fourth-order valence-corrected chi connectivity index (χ4v) is 2.65. The van der Waals surface area contributed by atoms with E-state index >= 15 is 0 Å². The van der Waals surface area contributed by atoms with Crippen LogP contribution < -0.4 is 19.5 Å². The lowest BCUT2D eigenvalue weighted by Gasteiger charge is -2.14. The maximum atomic E-state index is 13.7. The lowest BCUT2D eigenvalue weighted by atomic mass is 10.1. The number of hydrogen-bond donors (Lipinski definition) is 1. The van der Waals surface area contributed by atoms with Crippen LogP contribution >= 0.6 is 15.9 Å². The zero-order valence-corrected chi connectivity index (χ0v) is 17.5. The lowest BCUT2D eigenvalue weighted by molar-refractivity contribution is -0.167. The first-order valence-corrected chi connectivity index (χ1v) is 8.88. The van der Waals surface area contributed by atoms with Crippen molar-refractivity contribution in [2.24, 2.45) is 0 Å². The highest BCUT2D eigenvalue weighted by molar-refractivity contribution is 9.10. The number of methoxy groups -OCH3 is 3. The van der Waals surface area contributed by atoms with Crippen LogP contribution in [0.4, 0.5) is 4.39 Å². The lowest BCUT2D eigenvalue weighted by Crippen LogP contribution is -2.14. The Balaban J connectivity index is 0.000000612. The molecule has 1 N–H and O–H groups in total. The third-order valence-corrected chi connectivity index (χ3v) is 4.09. The van der Waals surface area contributed by atoms with Crippen LogP contribution in [0.15, 0.2) is 34.8 Å². The van der Waals surface area contributed by atoms with Crippen molar-refractivity contribution in [1.29, 1.82) is 0 Å². The SMILES string of the molecule is COc1cc(OC)c(OC)cc1CNCc1cc(Br)ccc1F.[O]C(=O)C([O])=O. The van der Waals surface area contributed by atoms with Crippen molar-refractivity contribution in [3.8, 4) is 17.2 Å². The molecular formula is C19H19BrFNO7. The highest BCUT2D eigenvalue weighted by Gasteiger charge is 2.12. The fourth-order valence-electron chi connectivity index (χ4n) is 2.24. The highest BCUT2D eigenvalue weighted by atomic mass is 79.9. The number of carbonyl (C=O) groups excluding carboxylic acids is 2. The summed E-state index contributed by atoms with van der Waals surface area (Å²) in [7, 11) is 4.75. The molecule has 156 valence electrons. The van der Waals surface area contributed by atoms with E-state index in [4.69, 9.17) is 34.0 Å². The van der Waals surface area contributed by atoms with Gasteiger partial charge in [0.15, 0.2) is 11.5 Å². The number of ether oxygens (including phenoxy) is 3. The van der Waals surface area contributed by atoms with Crippen LogP contribution in [-0.4, -0.2) is 33.3 Å². The summed E-state index contributed by atoms with van der Waals surface area (Å²) in [6.45, 7) is 0.915. The molecule has 2 radical (unpaired) electrons. The van der Waals surface area contributed by atoms with Gasteiger partial charge < -0.3 is 19.5 Å². The standard InChI is InChI=1S/C17H19BrFNO3.C2O4/c1-21-15-8-17(23-3)16(22-2)7-12(15)10-20-9-11-6-13(18)4-5-14(11)19;3-1(4)2(5)6/h4-8,20H,9-10H2,1-3H3;. The van der Waals surface area contributed by atoms with Gasteiger partial charge >= 0.3 is 11.9 Å². The first kappa shape index (κ1) is 24.2. The van der Waals surface area contributed by atoms with E-state index in [0.29, 0.717) is 35.9 Å². The molecule has 2 aromatic carbocycles. The molecule has 2 aromatic rings. The molecule has 0 aliphatic carbocycles. The van der Waals surface area contributed by atoms with Gasteiger partial charge in [-0.2, -0.15) is 0 Å². The molecule has 0 heterocycles. The van der Waals surface area contributed by atoms with Crippen LogP contribution in [0, 0.1) is 5.82 Å². The average molecular weight is 472 g/mol. The van der Waals surface area contributed by atoms with Crippen LogP contribution in [0.5, 0.6) is 17.2 Å². The molecule has 0 atom stereocenters. The molecule has 2 rings (SSSR count). The van der Waals surface area contributed by atoms with E-state index in [1.54, 1.807) is 39.5 Å². The van der Waals surface area contributed by atoms with Crippen molar-refractivity contribution in [3.63, 3.8) is 0 Å². The predicted molar refractivity (Wildman–Crippen MR) is 102 cm³/mol. The minimum Gasteiger partial charge on any atom is -0.496 e. The van der Waals surface area contributed by atoms with Gasteiger partial charge in [0.2, 0.25) is 0 Å². The topological polar surface area (TPSA) is 114 Å². The first-order chi connectivity index (χ1) is 13.7. The Morgan fingerprint density at radius 2 is 1.38 bits per heavy atom. The first-order valence-electron chi connectivity index (χ1n) is 8.09. The predicted octanol–water partition coefficient (Wildman–Crippen LogP) is 2.80. The van der Waals surface area contributed by atoms with Crippen LogP contribution in [0.3, 0.4) is 0 Å². The highest BCUT2D eigenvalue weighted by Crippen LogP contribution is 2.34. The molecular weight excluding hydrogens is 453 g/mol. The third kappa shape index (κ3) is 7.59. The van der Waals surface area contributed by atoms with Gasteiger partial charge in [-0.15, -0.1) is 0 Å². The molecule has 0 bridgehead atoms. The van der Waals surface area contributed by atoms with E-state index in [2.05, 4.69) is 21.2 Å². The van der Waals surface area contributed by atoms with Gasteiger partial charge in [0, 0.05) is 34.8 Å². The molecule has 0 saturated carbocycles. The Hall–Kier alpha value is -2.85. The molecule has 8 nitrogen and oxygen atoms in total. The van der Waals surface area contributed by atoms with E-state index in [1.165, 1.54) is 6.07 Å². The maximum Gasteiger partial charge on any atom is 0.467 e. The van der Waals surface area contributed by atoms with Gasteiger partial charge in [0.25, 0.3) is 0 Å². The number of nitrogens with one attached hydrogen (secondary N) is 1. The molecule has 0 spiro atoms. The minimum absolute atomic E-state index is 0.236. The zero-order valence-electron chi connectivity index (χ0n) is 15.9. The maximum absolute atomic E-state index is 13.7. The Labute approximate surface area is 175 Å². The van der Waals surface area contributed by atoms with Crippen LogP contribution in [0.1, 0.15) is 11.1 Å². The second-order valence-electron chi connectivity index (χ2n) is 5.43. The summed E-state index contributed by atoms with van der Waals surface area (Å²) in [5.74, 6) is -2.69. The molecule has 29 heavy (non-hydrogen) atoms. The smallest absolute Gasteiger partial charge is 0.467 e. The van der Waals surface area contributed by atoms with Crippen LogP contribution in [0.25, 0.3) is 0 Å². The summed E-state index contributed by atoms with van der Waals surface area (Å²) in [5.41, 5.74) is 1.50. The van der Waals surface area contributed by atoms with E-state index in [1.807, 2.05) is 6.07 Å². The minimum atomic E-state index is -2.19. The van der Waals surface area contributed by atoms with Gasteiger partial charge in [-0.3, -0.25) is 0 Å². The van der Waals surface area contributed by atoms with E-state index < -0.39 is 11.9 Å². The summed E-state index contributed by atoms with van der Waals surface area (Å²) >= 11 is 3.35. The Morgan fingerprint density at radius 1 is 0.862 bits per heavy atom. The van der Waals surface area contributed by atoms with E-state index in [9.17, 15) is 4.39 Å². The van der Waals surface area contributed by atoms with Crippen molar-refractivity contribution in [3.05, 3.63) is 51.7 Å². The second kappa shape index (κ2) is 11.9. The monoisotopic (exact) mass is 471 g/mol. The molecule has 10 heteroatoms. The molecule has 0 unspecified atom stereocenters. The molecule has 0 amide bonds. The normalized spacial score (nSPS) is 9.83. The summed E-state index contributed by atoms with van der Waals surface area (Å²) < 4.78 is 30.5. The van der Waals surface area contributed by atoms with Crippen LogP contribution in [0.2, 0.25) is 0 Å². The van der Waals surface area contributed by atoms with Gasteiger partial charge in [0.1, 0.15) is 11.6 Å². The van der Waals surface area contributed by atoms with Gasteiger partial charge in [-0.25, -0.2) is 24.2 Å². The third-order valence-electron chi connectivity index (χ3n) is 3.59. The van der Waals surface area contributed by atoms with E-state index in [-0.39, 0.29) is 5.82 Å². The van der Waals surface area contributed by atoms with Crippen molar-refractivity contribution in [2.75, 3.05) is 21.3 Å². The van der Waals surface area contributed by atoms with Crippen LogP contribution in [-0.2, 0) is 32.9 Å². The molecule has 0 saturated heterocycles. The molecule has 0 aliphatic heterocycles. The Kier molecular flexibility index (Phi) is 9.90. The summed E-state index contributed by atoms with van der Waals surface area (Å²) in [5, 5.41) is 21.1. The van der Waals surface area contributed by atoms with Gasteiger partial charge in [0.05, 0.1) is 21.3 Å². The summed E-state index contributed by atoms with van der Waals surface area (Å²) in [4.78, 5) is 17.9. The van der Waals surface area contributed by atoms with Crippen molar-refractivity contribution in [2.45, 2.75) is 13.1 Å². The molecule has 0 fully saturated rings. The largest absolute Gasteiger partial charge is 0.496 e. The fraction of sp³-hybridized carbons (Fsp3) is 0.263. The number of hydrogen-bond acceptors (Lipinski definition) is 6. The number of benzene rings is 2. The zero-order chi connectivity index (χ0) is 22.0. The Bertz CT molecular complexity index is 849. The quantitative estimate of drug-likeness (QED) is 0.621. The summed E-state index contributed by atoms with van der Waals surface area (Å²) in [6.07, 6.45) is 0. The van der Waals surface area contributed by atoms with Crippen molar-refractivity contribution < 1.29 is 38.4 Å². The number of rotatable bonds is 7. The Morgan fingerprint density at radius 3 is 1.90 bits per heavy atom. The number of halogens is 2. The number of carbonyl (C=O) groups is 2. The van der Waals surface area contributed by atoms with Gasteiger partial charge in [-0.05, 0) is 24.3 Å².